The van der Waals surface area contributed by atoms with Crippen LogP contribution in [0.4, 0.5) is 0 Å². The molecule has 0 saturated heterocycles. The van der Waals surface area contributed by atoms with Gasteiger partial charge in [-0.05, 0) is 39.7 Å². The molecule has 0 aromatic carbocycles. The van der Waals surface area contributed by atoms with Gasteiger partial charge in [-0.25, -0.2) is 9.97 Å². The van der Waals surface area contributed by atoms with Crippen LogP contribution in [0.25, 0.3) is 15.9 Å². The first-order chi connectivity index (χ1) is 12.3. The number of thiophene rings is 1. The van der Waals surface area contributed by atoms with Crippen molar-refractivity contribution in [3.05, 3.63) is 22.1 Å². The van der Waals surface area contributed by atoms with E-state index >= 15 is 0 Å². The average Bonchev–Trinajstić information content (AvgIpc) is 3.15. The number of aromatic nitrogens is 4. The number of ether oxygens (including phenoxy) is 1. The van der Waals surface area contributed by atoms with Crippen molar-refractivity contribution >= 4 is 33.1 Å². The molecule has 0 bridgehead atoms. The Bertz CT molecular complexity index is 1020. The number of amides is 1. The molecule has 0 spiro atoms. The Morgan fingerprint density at radius 3 is 2.92 bits per heavy atom. The van der Waals surface area contributed by atoms with Crippen LogP contribution in [0, 0.1) is 6.92 Å². The lowest BCUT2D eigenvalue weighted by atomic mass is 9.94. The first-order valence-corrected chi connectivity index (χ1v) is 9.73. The highest BCUT2D eigenvalue weighted by Gasteiger charge is 2.31. The third kappa shape index (κ3) is 2.77. The summed E-state index contributed by atoms with van der Waals surface area (Å²) >= 11 is 1.64. The maximum absolute atomic E-state index is 12.5. The van der Waals surface area contributed by atoms with Crippen molar-refractivity contribution in [2.45, 2.75) is 65.7 Å². The Labute approximate surface area is 155 Å². The van der Waals surface area contributed by atoms with E-state index < -0.39 is 0 Å². The smallest absolute Gasteiger partial charge is 0.291 e. The van der Waals surface area contributed by atoms with E-state index in [9.17, 15) is 4.79 Å². The van der Waals surface area contributed by atoms with Gasteiger partial charge in [0.2, 0.25) is 5.82 Å². The topological polar surface area (TPSA) is 81.4 Å². The number of aryl methyl sites for hydroxylation is 1. The van der Waals surface area contributed by atoms with E-state index in [1.165, 1.54) is 10.4 Å². The van der Waals surface area contributed by atoms with Crippen LogP contribution >= 0.6 is 11.3 Å². The fourth-order valence-corrected chi connectivity index (χ4v) is 4.37. The third-order valence-corrected chi connectivity index (χ3v) is 5.96. The molecule has 1 aliphatic heterocycles. The molecule has 0 radical (unpaired) electrons. The van der Waals surface area contributed by atoms with E-state index in [2.05, 4.69) is 29.2 Å². The zero-order chi connectivity index (χ0) is 18.6. The molecular formula is C18H23N5O2S. The van der Waals surface area contributed by atoms with E-state index in [-0.39, 0.29) is 23.4 Å². The van der Waals surface area contributed by atoms with Crippen LogP contribution in [0.2, 0.25) is 0 Å². The van der Waals surface area contributed by atoms with Crippen LogP contribution in [-0.2, 0) is 17.8 Å². The second-order valence-corrected chi connectivity index (χ2v) is 8.61. The van der Waals surface area contributed by atoms with E-state index in [1.54, 1.807) is 15.9 Å². The molecule has 7 nitrogen and oxygen atoms in total. The minimum absolute atomic E-state index is 0.0835. The number of carbonyl (C=O) groups is 1. The zero-order valence-corrected chi connectivity index (χ0v) is 16.5. The molecule has 4 rings (SSSR count). The first-order valence-electron chi connectivity index (χ1n) is 8.91. The van der Waals surface area contributed by atoms with Crippen molar-refractivity contribution in [1.82, 2.24) is 24.9 Å². The lowest BCUT2D eigenvalue weighted by Gasteiger charge is -2.30. The quantitative estimate of drug-likeness (QED) is 0.763. The largest absolute Gasteiger partial charge is 0.370 e. The Kier molecular flexibility index (Phi) is 4.00. The van der Waals surface area contributed by atoms with Gasteiger partial charge in [0.05, 0.1) is 17.6 Å². The van der Waals surface area contributed by atoms with Crippen molar-refractivity contribution < 1.29 is 9.53 Å². The molecule has 0 aliphatic carbocycles. The predicted molar refractivity (Wildman–Crippen MR) is 101 cm³/mol. The van der Waals surface area contributed by atoms with Gasteiger partial charge >= 0.3 is 0 Å². The van der Waals surface area contributed by atoms with Gasteiger partial charge < -0.3 is 10.1 Å². The average molecular weight is 373 g/mol. The van der Waals surface area contributed by atoms with Gasteiger partial charge in [-0.15, -0.1) is 16.4 Å². The third-order valence-electron chi connectivity index (χ3n) is 4.86. The molecule has 1 amide bonds. The van der Waals surface area contributed by atoms with Crippen LogP contribution in [-0.4, -0.2) is 37.1 Å². The number of nitrogens with one attached hydrogen (secondary N) is 1. The van der Waals surface area contributed by atoms with Crippen LogP contribution in [0.1, 0.15) is 61.0 Å². The molecular weight excluding hydrogens is 350 g/mol. The molecule has 3 aromatic rings. The minimum Gasteiger partial charge on any atom is -0.370 e. The van der Waals surface area contributed by atoms with Gasteiger partial charge in [-0.1, -0.05) is 6.92 Å². The van der Waals surface area contributed by atoms with E-state index in [1.807, 2.05) is 20.8 Å². The second-order valence-electron chi connectivity index (χ2n) is 7.52. The number of hydrogen-bond acceptors (Lipinski definition) is 6. The summed E-state index contributed by atoms with van der Waals surface area (Å²) in [7, 11) is 0. The highest BCUT2D eigenvalue weighted by molar-refractivity contribution is 7.19. The van der Waals surface area contributed by atoms with Crippen molar-refractivity contribution in [2.75, 3.05) is 0 Å². The molecule has 4 heterocycles. The molecule has 8 heteroatoms. The van der Waals surface area contributed by atoms with Crippen LogP contribution in [0.3, 0.4) is 0 Å². The summed E-state index contributed by atoms with van der Waals surface area (Å²) < 4.78 is 7.62. The molecule has 26 heavy (non-hydrogen) atoms. The molecule has 3 aromatic heterocycles. The van der Waals surface area contributed by atoms with Gasteiger partial charge in [-0.3, -0.25) is 4.79 Å². The maximum atomic E-state index is 12.5. The number of fused-ring (bicyclic) bond motifs is 5. The summed E-state index contributed by atoms with van der Waals surface area (Å²) in [6.45, 7) is 10.7. The summed E-state index contributed by atoms with van der Waals surface area (Å²) in [6.07, 6.45) is 1.65. The maximum Gasteiger partial charge on any atom is 0.291 e. The van der Waals surface area contributed by atoms with Gasteiger partial charge in [0.15, 0.2) is 5.65 Å². The van der Waals surface area contributed by atoms with Gasteiger partial charge in [-0.2, -0.15) is 4.52 Å². The highest BCUT2D eigenvalue weighted by Crippen LogP contribution is 2.39. The first kappa shape index (κ1) is 17.4. The van der Waals surface area contributed by atoms with Crippen molar-refractivity contribution in [2.24, 2.45) is 0 Å². The molecule has 138 valence electrons. The molecule has 0 fully saturated rings. The highest BCUT2D eigenvalue weighted by atomic mass is 32.1. The molecule has 1 atom stereocenters. The number of hydrogen-bond donors (Lipinski definition) is 1. The van der Waals surface area contributed by atoms with Crippen LogP contribution in [0.5, 0.6) is 0 Å². The Morgan fingerprint density at radius 1 is 1.42 bits per heavy atom. The van der Waals surface area contributed by atoms with E-state index in [4.69, 9.17) is 9.72 Å². The lowest BCUT2D eigenvalue weighted by molar-refractivity contribution is -0.0379. The molecule has 1 aliphatic rings. The SMILES string of the molecule is CC[C@H](C)NC(=O)c1nc2c3c4c(sc3nc(C)n2n1)COC(C)(C)C4. The Balaban J connectivity index is 1.89. The molecule has 0 unspecified atom stereocenters. The Hall–Kier alpha value is -2.06. The lowest BCUT2D eigenvalue weighted by Crippen LogP contribution is -2.32. The fourth-order valence-electron chi connectivity index (χ4n) is 3.23. The summed E-state index contributed by atoms with van der Waals surface area (Å²) in [6, 6.07) is 0.0835. The van der Waals surface area contributed by atoms with E-state index in [0.717, 1.165) is 28.9 Å². The fraction of sp³-hybridized carbons (Fsp3) is 0.556. The standard InChI is InChI=1S/C18H23N5O2S/c1-6-9(2)19-16(24)14-21-15-13-11-7-18(4,5)25-8-12(11)26-17(13)20-10(3)23(15)22-14/h9H,6-8H2,1-5H3,(H,19,24)/t9-/m0/s1. The predicted octanol–water partition coefficient (Wildman–Crippen LogP) is 3.03. The zero-order valence-electron chi connectivity index (χ0n) is 15.7. The normalized spacial score (nSPS) is 17.4. The van der Waals surface area contributed by atoms with Crippen molar-refractivity contribution in [1.29, 1.82) is 0 Å². The number of carbonyl (C=O) groups excluding carboxylic acids is 1. The van der Waals surface area contributed by atoms with Gasteiger partial charge in [0.25, 0.3) is 5.91 Å². The molecule has 1 N–H and O–H groups in total. The van der Waals surface area contributed by atoms with Gasteiger partial charge in [0.1, 0.15) is 10.7 Å². The van der Waals surface area contributed by atoms with Crippen molar-refractivity contribution in [3.8, 4) is 0 Å². The van der Waals surface area contributed by atoms with Gasteiger partial charge in [0, 0.05) is 17.3 Å². The minimum atomic E-state index is -0.247. The van der Waals surface area contributed by atoms with Crippen LogP contribution in [0.15, 0.2) is 0 Å². The summed E-state index contributed by atoms with van der Waals surface area (Å²) in [4.78, 5) is 23.9. The van der Waals surface area contributed by atoms with E-state index in [0.29, 0.717) is 12.3 Å². The number of rotatable bonds is 3. The summed E-state index contributed by atoms with van der Waals surface area (Å²) in [5, 5.41) is 8.35. The van der Waals surface area contributed by atoms with Crippen LogP contribution < -0.4 is 5.32 Å². The monoisotopic (exact) mass is 373 g/mol. The molecule has 0 saturated carbocycles. The summed E-state index contributed by atoms with van der Waals surface area (Å²) in [5.41, 5.74) is 1.71. The Morgan fingerprint density at radius 2 is 2.19 bits per heavy atom. The summed E-state index contributed by atoms with van der Waals surface area (Å²) in [5.74, 6) is 0.665. The number of nitrogens with zero attached hydrogens (tertiary/aromatic N) is 4. The second kappa shape index (κ2) is 5.99. The van der Waals surface area contributed by atoms with Crippen molar-refractivity contribution in [3.63, 3.8) is 0 Å².